The molecule has 0 atom stereocenters. The summed E-state index contributed by atoms with van der Waals surface area (Å²) >= 11 is 0. The van der Waals surface area contributed by atoms with E-state index in [9.17, 15) is 0 Å². The van der Waals surface area contributed by atoms with Gasteiger partial charge in [-0.15, -0.1) is 0 Å². The lowest BCUT2D eigenvalue weighted by molar-refractivity contribution is 0.295. The van der Waals surface area contributed by atoms with E-state index in [1.54, 1.807) is 0 Å². The number of unbranched alkanes of at least 4 members (excludes halogenated alkanes) is 30. The van der Waals surface area contributed by atoms with E-state index in [-0.39, 0.29) is 0 Å². The van der Waals surface area contributed by atoms with Crippen LogP contribution in [0.2, 0.25) is 0 Å². The molecule has 0 spiro atoms. The molecule has 0 saturated carbocycles. The normalized spacial score (nSPS) is 11.7. The van der Waals surface area contributed by atoms with Gasteiger partial charge in [-0.3, -0.25) is 9.97 Å². The molecule has 8 heteroatoms. The fourth-order valence-electron chi connectivity index (χ4n) is 11.4. The van der Waals surface area contributed by atoms with Crippen LogP contribution in [0.1, 0.15) is 317 Å². The van der Waals surface area contributed by atoms with Gasteiger partial charge in [0.05, 0.1) is 39.6 Å². The van der Waals surface area contributed by atoms with Crippen molar-refractivity contribution in [2.24, 2.45) is 0 Å². The highest BCUT2D eigenvalue weighted by atomic mass is 16.5. The van der Waals surface area contributed by atoms with Crippen molar-refractivity contribution in [2.75, 3.05) is 39.6 Å². The summed E-state index contributed by atoms with van der Waals surface area (Å²) in [6.45, 7) is 17.5. The Morgan fingerprint density at radius 1 is 0.217 bits per heavy atom. The van der Waals surface area contributed by atoms with Crippen LogP contribution in [0.4, 0.5) is 0 Å². The second-order valence-corrected chi connectivity index (χ2v) is 25.4. The summed E-state index contributed by atoms with van der Waals surface area (Å²) in [5, 5.41) is 0. The minimum Gasteiger partial charge on any atom is -0.493 e. The maximum absolute atomic E-state index is 6.97. The molecule has 5 aromatic rings. The Morgan fingerprint density at radius 3 is 0.565 bits per heavy atom. The first-order valence-corrected chi connectivity index (χ1v) is 37.3. The lowest BCUT2D eigenvalue weighted by Gasteiger charge is -2.17. The fraction of sp³-hybridized carbons (Fsp3) is 0.571. The van der Waals surface area contributed by atoms with Crippen molar-refractivity contribution in [3.8, 4) is 34.5 Å². The van der Waals surface area contributed by atoms with Crippen LogP contribution in [0, 0.1) is 0 Å². The van der Waals surface area contributed by atoms with Crippen molar-refractivity contribution in [2.45, 2.75) is 273 Å². The predicted molar refractivity (Wildman–Crippen MR) is 397 cm³/mol. The average molecular weight is 1260 g/mol. The third-order valence-corrected chi connectivity index (χ3v) is 17.2. The molecule has 0 unspecified atom stereocenters. The zero-order valence-electron chi connectivity index (χ0n) is 58.7. The molecule has 0 N–H and O–H groups in total. The molecule has 5 rings (SSSR count). The minimum absolute atomic E-state index is 0.625. The molecule has 8 nitrogen and oxygen atoms in total. The third-order valence-electron chi connectivity index (χ3n) is 17.2. The highest BCUT2D eigenvalue weighted by molar-refractivity contribution is 5.84. The van der Waals surface area contributed by atoms with E-state index in [1.807, 2.05) is 49.1 Å². The molecule has 0 aliphatic heterocycles. The fourth-order valence-corrected chi connectivity index (χ4v) is 11.4. The number of hydrogen-bond acceptors (Lipinski definition) is 8. The number of aromatic nitrogens is 2. The van der Waals surface area contributed by atoms with E-state index in [1.165, 1.54) is 154 Å². The Balaban J connectivity index is 1.65. The van der Waals surface area contributed by atoms with Crippen LogP contribution in [-0.2, 0) is 0 Å². The van der Waals surface area contributed by atoms with Crippen molar-refractivity contribution in [1.29, 1.82) is 0 Å². The van der Waals surface area contributed by atoms with Crippen LogP contribution >= 0.6 is 0 Å². The number of rotatable bonds is 56. The molecule has 0 saturated heterocycles. The van der Waals surface area contributed by atoms with E-state index in [0.29, 0.717) is 39.6 Å². The molecule has 0 radical (unpaired) electrons. The van der Waals surface area contributed by atoms with Gasteiger partial charge in [0.15, 0.2) is 0 Å². The summed E-state index contributed by atoms with van der Waals surface area (Å²) in [5.41, 5.74) is 8.02. The molecule has 0 fully saturated rings. The first-order chi connectivity index (χ1) is 45.5. The third kappa shape index (κ3) is 33.0. The number of benzene rings is 3. The molecule has 0 bridgehead atoms. The molecular formula is C84H124N2O6. The number of ether oxygens (including phenoxy) is 6. The van der Waals surface area contributed by atoms with Crippen LogP contribution in [0.5, 0.6) is 34.5 Å². The predicted octanol–water partition coefficient (Wildman–Crippen LogP) is 25.6. The Kier molecular flexibility index (Phi) is 42.5. The molecule has 0 amide bonds. The van der Waals surface area contributed by atoms with Crippen LogP contribution in [0.15, 0.2) is 85.5 Å². The summed E-state index contributed by atoms with van der Waals surface area (Å²) in [6, 6.07) is 21.3. The number of nitrogens with zero attached hydrogens (tertiary/aromatic N) is 2. The Hall–Kier alpha value is -6.28. The smallest absolute Gasteiger partial charge is 0.127 e. The van der Waals surface area contributed by atoms with Crippen LogP contribution in [-0.4, -0.2) is 49.6 Å². The lowest BCUT2D eigenvalue weighted by Crippen LogP contribution is -2.04. The van der Waals surface area contributed by atoms with E-state index in [2.05, 4.69) is 137 Å². The molecule has 506 valence electrons. The molecule has 2 aromatic heterocycles. The van der Waals surface area contributed by atoms with E-state index >= 15 is 0 Å². The van der Waals surface area contributed by atoms with Gasteiger partial charge in [-0.1, -0.05) is 283 Å². The van der Waals surface area contributed by atoms with E-state index in [4.69, 9.17) is 28.4 Å². The van der Waals surface area contributed by atoms with Gasteiger partial charge in [-0.2, -0.15) is 0 Å². The molecule has 3 aromatic carbocycles. The van der Waals surface area contributed by atoms with Crippen LogP contribution in [0.3, 0.4) is 0 Å². The quantitative estimate of drug-likeness (QED) is 0.0281. The highest BCUT2D eigenvalue weighted by Gasteiger charge is 2.16. The first-order valence-electron chi connectivity index (χ1n) is 37.3. The zero-order chi connectivity index (χ0) is 65.0. The van der Waals surface area contributed by atoms with Gasteiger partial charge >= 0.3 is 0 Å². The highest BCUT2D eigenvalue weighted by Crippen LogP contribution is 2.38. The molecular weight excluding hydrogens is 1130 g/mol. The molecule has 92 heavy (non-hydrogen) atoms. The standard InChI is InChI=1S/C84H124N2O6/c1-7-13-19-25-31-37-59-87-79-67-75(81(89-61-39-33-27-21-15-9-3)65-73(79)45-43-71-51-55-85-56-52-71)47-49-77-69-84(92-64-42-36-30-24-18-12-6)78(70-83(77)91-63-41-35-29-23-17-11-5)50-48-76-68-80(88-60-38-32-26-20-14-8-2)74(46-44-72-53-57-86-58-54-72)66-82(76)90-62-40-34-28-22-16-10-4/h43-58,65-70H,7-42,59-64H2,1-6H3/b45-43-,46-44+,49-47+,50-48+. The molecule has 2 heterocycles. The Morgan fingerprint density at radius 2 is 0.380 bits per heavy atom. The number of pyridine rings is 2. The van der Waals surface area contributed by atoms with Gasteiger partial charge in [0, 0.05) is 58.2 Å². The van der Waals surface area contributed by atoms with Crippen molar-refractivity contribution >= 4 is 48.6 Å². The second-order valence-electron chi connectivity index (χ2n) is 25.4. The van der Waals surface area contributed by atoms with Crippen molar-refractivity contribution in [3.05, 3.63) is 130 Å². The zero-order valence-corrected chi connectivity index (χ0v) is 58.7. The van der Waals surface area contributed by atoms with Gasteiger partial charge < -0.3 is 28.4 Å². The monoisotopic (exact) mass is 1260 g/mol. The van der Waals surface area contributed by atoms with Crippen molar-refractivity contribution in [1.82, 2.24) is 9.97 Å². The summed E-state index contributed by atoms with van der Waals surface area (Å²) in [4.78, 5) is 8.55. The second kappa shape index (κ2) is 51.2. The van der Waals surface area contributed by atoms with Gasteiger partial charge in [0.2, 0.25) is 0 Å². The van der Waals surface area contributed by atoms with E-state index in [0.717, 1.165) is 156 Å². The average Bonchev–Trinajstić information content (AvgIpc) is 0.993. The molecule has 0 aliphatic carbocycles. The number of hydrogen-bond donors (Lipinski definition) is 0. The summed E-state index contributed by atoms with van der Waals surface area (Å²) in [5.74, 6) is 5.03. The largest absolute Gasteiger partial charge is 0.493 e. The molecule has 0 aliphatic rings. The summed E-state index contributed by atoms with van der Waals surface area (Å²) in [7, 11) is 0. The van der Waals surface area contributed by atoms with Crippen molar-refractivity contribution in [3.63, 3.8) is 0 Å². The maximum Gasteiger partial charge on any atom is 0.127 e. The SMILES string of the molecule is CCCCCCCCOc1cc(/C=C/c2cc(OCCCCCCCC)c(/C=C/c3cc(OCCCCCCCC)c(/C=C/c4ccncc4)cc3OCCCCCCCC)cc2OCCCCCCCC)c(OCCCCCCCC)cc1/C=C\c1ccncc1. The summed E-state index contributed by atoms with van der Waals surface area (Å²) in [6.07, 6.45) is 67.7. The first kappa shape index (κ1) is 76.4. The minimum atomic E-state index is 0.625. The van der Waals surface area contributed by atoms with Gasteiger partial charge in [-0.05, 0) is 110 Å². The van der Waals surface area contributed by atoms with Gasteiger partial charge in [-0.25, -0.2) is 0 Å². The van der Waals surface area contributed by atoms with Crippen LogP contribution < -0.4 is 28.4 Å². The van der Waals surface area contributed by atoms with Gasteiger partial charge in [0.25, 0.3) is 0 Å². The Bertz CT molecular complexity index is 2580. The maximum atomic E-state index is 6.97. The Labute approximate surface area is 560 Å². The summed E-state index contributed by atoms with van der Waals surface area (Å²) < 4.78 is 41.2. The van der Waals surface area contributed by atoms with Crippen molar-refractivity contribution < 1.29 is 28.4 Å². The van der Waals surface area contributed by atoms with Crippen LogP contribution in [0.25, 0.3) is 48.6 Å². The van der Waals surface area contributed by atoms with E-state index < -0.39 is 0 Å². The topological polar surface area (TPSA) is 81.2 Å². The van der Waals surface area contributed by atoms with Gasteiger partial charge in [0.1, 0.15) is 34.5 Å². The lowest BCUT2D eigenvalue weighted by atomic mass is 10.0.